The van der Waals surface area contributed by atoms with E-state index in [-0.39, 0.29) is 35.4 Å². The summed E-state index contributed by atoms with van der Waals surface area (Å²) in [4.78, 5) is 23.3. The molecule has 0 aromatic heterocycles. The van der Waals surface area contributed by atoms with Crippen LogP contribution in [0.15, 0.2) is 24.3 Å². The van der Waals surface area contributed by atoms with E-state index in [0.29, 0.717) is 6.42 Å². The number of rotatable bonds is 3. The number of anilines is 1. The van der Waals surface area contributed by atoms with Gasteiger partial charge in [-0.3, -0.25) is 9.59 Å². The molecule has 2 rings (SSSR count). The largest absolute Gasteiger partial charge is 0.462 e. The number of amides is 1. The van der Waals surface area contributed by atoms with Crippen molar-refractivity contribution in [1.82, 2.24) is 5.32 Å². The Bertz CT molecular complexity index is 557. The fourth-order valence-electron chi connectivity index (χ4n) is 2.21. The lowest BCUT2D eigenvalue weighted by molar-refractivity contribution is -0.145. The van der Waals surface area contributed by atoms with Crippen molar-refractivity contribution < 1.29 is 14.3 Å². The number of cyclic esters (lactones) is 1. The van der Waals surface area contributed by atoms with Gasteiger partial charge in [-0.05, 0) is 44.6 Å². The van der Waals surface area contributed by atoms with Gasteiger partial charge in [0.05, 0.1) is 12.0 Å². The van der Waals surface area contributed by atoms with E-state index in [4.69, 9.17) is 17.0 Å². The van der Waals surface area contributed by atoms with Gasteiger partial charge in [-0.2, -0.15) is 0 Å². The minimum Gasteiger partial charge on any atom is -0.462 e. The molecule has 112 valence electrons. The van der Waals surface area contributed by atoms with E-state index >= 15 is 0 Å². The summed E-state index contributed by atoms with van der Waals surface area (Å²) in [5.74, 6) is -0.965. The lowest BCUT2D eigenvalue weighted by Crippen LogP contribution is -2.35. The molecule has 5 nitrogen and oxygen atoms in total. The van der Waals surface area contributed by atoms with Crippen LogP contribution in [0.3, 0.4) is 0 Å². The molecule has 0 saturated carbocycles. The standard InChI is InChI=1S/C15H18N2O3S/c1-9-3-5-12(6-4-9)16-15(21)17-13(18)8-11-7-10(2)20-14(11)19/h3-6,10-11H,7-8H2,1-2H3,(H2,16,17,18,21). The Labute approximate surface area is 129 Å². The number of nitrogens with one attached hydrogen (secondary N) is 2. The predicted molar refractivity (Wildman–Crippen MR) is 83.8 cm³/mol. The van der Waals surface area contributed by atoms with Gasteiger partial charge in [-0.25, -0.2) is 0 Å². The van der Waals surface area contributed by atoms with Crippen LogP contribution in [0.5, 0.6) is 0 Å². The van der Waals surface area contributed by atoms with Gasteiger partial charge in [0.2, 0.25) is 5.91 Å². The molecule has 1 amide bonds. The van der Waals surface area contributed by atoms with Crippen molar-refractivity contribution in [3.05, 3.63) is 29.8 Å². The SMILES string of the molecule is Cc1ccc(NC(=S)NC(=O)CC2CC(C)OC2=O)cc1. The number of esters is 1. The molecule has 1 saturated heterocycles. The van der Waals surface area contributed by atoms with Crippen molar-refractivity contribution in [2.75, 3.05) is 5.32 Å². The van der Waals surface area contributed by atoms with Crippen molar-refractivity contribution in [2.45, 2.75) is 32.8 Å². The van der Waals surface area contributed by atoms with Gasteiger partial charge in [-0.1, -0.05) is 17.7 Å². The van der Waals surface area contributed by atoms with Crippen molar-refractivity contribution in [1.29, 1.82) is 0 Å². The number of carbonyl (C=O) groups excluding carboxylic acids is 2. The van der Waals surface area contributed by atoms with Crippen LogP contribution >= 0.6 is 12.2 Å². The first-order valence-electron chi connectivity index (χ1n) is 6.82. The number of hydrogen-bond donors (Lipinski definition) is 2. The summed E-state index contributed by atoms with van der Waals surface area (Å²) in [6.45, 7) is 3.81. The highest BCUT2D eigenvalue weighted by molar-refractivity contribution is 7.80. The maximum Gasteiger partial charge on any atom is 0.309 e. The van der Waals surface area contributed by atoms with Crippen LogP contribution in [0.25, 0.3) is 0 Å². The van der Waals surface area contributed by atoms with Gasteiger partial charge < -0.3 is 15.4 Å². The second kappa shape index (κ2) is 6.67. The molecule has 2 atom stereocenters. The number of carbonyl (C=O) groups is 2. The predicted octanol–water partition coefficient (Wildman–Crippen LogP) is 2.15. The zero-order valence-corrected chi connectivity index (χ0v) is 12.8. The fraction of sp³-hybridized carbons (Fsp3) is 0.400. The summed E-state index contributed by atoms with van der Waals surface area (Å²) in [5, 5.41) is 5.73. The highest BCUT2D eigenvalue weighted by Gasteiger charge is 2.33. The molecular formula is C15H18N2O3S. The molecule has 0 aliphatic carbocycles. The molecule has 1 aromatic carbocycles. The molecule has 6 heteroatoms. The van der Waals surface area contributed by atoms with Crippen molar-refractivity contribution in [3.63, 3.8) is 0 Å². The summed E-state index contributed by atoms with van der Waals surface area (Å²) in [6, 6.07) is 7.65. The smallest absolute Gasteiger partial charge is 0.309 e. The van der Waals surface area contributed by atoms with E-state index in [0.717, 1.165) is 11.3 Å². The van der Waals surface area contributed by atoms with Gasteiger partial charge in [0, 0.05) is 12.1 Å². The molecule has 0 spiro atoms. The van der Waals surface area contributed by atoms with Gasteiger partial charge in [0.25, 0.3) is 0 Å². The minimum absolute atomic E-state index is 0.0961. The topological polar surface area (TPSA) is 67.4 Å². The first kappa shape index (κ1) is 15.4. The zero-order valence-electron chi connectivity index (χ0n) is 12.0. The molecule has 21 heavy (non-hydrogen) atoms. The Kier molecular flexibility index (Phi) is 4.90. The van der Waals surface area contributed by atoms with Gasteiger partial charge in [0.1, 0.15) is 0 Å². The van der Waals surface area contributed by atoms with Crippen molar-refractivity contribution >= 4 is 34.9 Å². The monoisotopic (exact) mass is 306 g/mol. The summed E-state index contributed by atoms with van der Waals surface area (Å²) in [6.07, 6.45) is 0.552. The first-order valence-corrected chi connectivity index (χ1v) is 7.23. The van der Waals surface area contributed by atoms with Crippen LogP contribution < -0.4 is 10.6 Å². The van der Waals surface area contributed by atoms with E-state index in [1.54, 1.807) is 0 Å². The summed E-state index contributed by atoms with van der Waals surface area (Å²) in [5.41, 5.74) is 1.95. The lowest BCUT2D eigenvalue weighted by atomic mass is 10.0. The Morgan fingerprint density at radius 1 is 1.38 bits per heavy atom. The quantitative estimate of drug-likeness (QED) is 0.661. The van der Waals surface area contributed by atoms with Crippen molar-refractivity contribution in [3.8, 4) is 0 Å². The highest BCUT2D eigenvalue weighted by atomic mass is 32.1. The second-order valence-corrected chi connectivity index (χ2v) is 5.66. The lowest BCUT2D eigenvalue weighted by Gasteiger charge is -2.10. The van der Waals surface area contributed by atoms with E-state index in [9.17, 15) is 9.59 Å². The molecule has 1 aromatic rings. The maximum atomic E-state index is 11.9. The molecule has 2 unspecified atom stereocenters. The van der Waals surface area contributed by atoms with Crippen LogP contribution in [0.2, 0.25) is 0 Å². The third-order valence-electron chi connectivity index (χ3n) is 3.26. The van der Waals surface area contributed by atoms with E-state index in [1.165, 1.54) is 0 Å². The minimum atomic E-state index is -0.373. The molecule has 0 radical (unpaired) electrons. The normalized spacial score (nSPS) is 20.8. The van der Waals surface area contributed by atoms with Gasteiger partial charge in [-0.15, -0.1) is 0 Å². The zero-order chi connectivity index (χ0) is 15.4. The number of ether oxygens (including phenoxy) is 1. The van der Waals surface area contributed by atoms with Crippen molar-refractivity contribution in [2.24, 2.45) is 5.92 Å². The van der Waals surface area contributed by atoms with Crippen LogP contribution in [-0.2, 0) is 14.3 Å². The van der Waals surface area contributed by atoms with Gasteiger partial charge >= 0.3 is 5.97 Å². The Hall–Kier alpha value is -1.95. The molecule has 2 N–H and O–H groups in total. The molecule has 1 fully saturated rings. The highest BCUT2D eigenvalue weighted by Crippen LogP contribution is 2.23. The fourth-order valence-corrected chi connectivity index (χ4v) is 2.44. The number of thiocarbonyl (C=S) groups is 1. The number of aryl methyl sites for hydroxylation is 1. The van der Waals surface area contributed by atoms with E-state index in [1.807, 2.05) is 38.1 Å². The summed E-state index contributed by atoms with van der Waals surface area (Å²) >= 11 is 5.08. The van der Waals surface area contributed by atoms with Crippen LogP contribution in [0, 0.1) is 12.8 Å². The summed E-state index contributed by atoms with van der Waals surface area (Å²) in [7, 11) is 0. The first-order chi connectivity index (χ1) is 9.94. The average Bonchev–Trinajstić information content (AvgIpc) is 2.70. The Balaban J connectivity index is 1.81. The molecule has 1 heterocycles. The third-order valence-corrected chi connectivity index (χ3v) is 3.47. The number of benzene rings is 1. The second-order valence-electron chi connectivity index (χ2n) is 5.25. The van der Waals surface area contributed by atoms with Crippen LogP contribution in [-0.4, -0.2) is 23.1 Å². The summed E-state index contributed by atoms with van der Waals surface area (Å²) < 4.78 is 5.02. The molecular weight excluding hydrogens is 288 g/mol. The maximum absolute atomic E-state index is 11.9. The Morgan fingerprint density at radius 3 is 2.62 bits per heavy atom. The van der Waals surface area contributed by atoms with Crippen LogP contribution in [0.1, 0.15) is 25.3 Å². The molecule has 1 aliphatic rings. The van der Waals surface area contributed by atoms with E-state index in [2.05, 4.69) is 10.6 Å². The van der Waals surface area contributed by atoms with Gasteiger partial charge in [0.15, 0.2) is 5.11 Å². The van der Waals surface area contributed by atoms with E-state index < -0.39 is 0 Å². The molecule has 0 bridgehead atoms. The Morgan fingerprint density at radius 2 is 2.05 bits per heavy atom. The third kappa shape index (κ3) is 4.53. The van der Waals surface area contributed by atoms with Crippen LogP contribution in [0.4, 0.5) is 5.69 Å². The number of hydrogen-bond acceptors (Lipinski definition) is 4. The molecule has 1 aliphatic heterocycles. The average molecular weight is 306 g/mol.